The van der Waals surface area contributed by atoms with Crippen molar-refractivity contribution < 1.29 is 4.79 Å². The number of aryl methyl sites for hydroxylation is 1. The van der Waals surface area contributed by atoms with Gasteiger partial charge in [-0.05, 0) is 24.6 Å². The summed E-state index contributed by atoms with van der Waals surface area (Å²) in [6.07, 6.45) is 2.03. The van der Waals surface area contributed by atoms with Crippen molar-refractivity contribution in [1.29, 1.82) is 0 Å². The van der Waals surface area contributed by atoms with Crippen LogP contribution in [0.5, 0.6) is 0 Å². The minimum Gasteiger partial charge on any atom is -0.334 e. The summed E-state index contributed by atoms with van der Waals surface area (Å²) < 4.78 is 1.89. The van der Waals surface area contributed by atoms with Crippen LogP contribution < -0.4 is 0 Å². The molecule has 1 amide bonds. The Morgan fingerprint density at radius 2 is 1.50 bits per heavy atom. The molecule has 3 aromatic carbocycles. The SMILES string of the molecule is CC(=O)N(Cc1ccccc1)Cc1cn(-c2ccccc2)nc1-c1ccc(C)cc1. The van der Waals surface area contributed by atoms with E-state index in [1.54, 1.807) is 6.92 Å². The molecule has 0 aliphatic carbocycles. The van der Waals surface area contributed by atoms with Crippen molar-refractivity contribution in [3.63, 3.8) is 0 Å². The number of para-hydroxylation sites is 1. The summed E-state index contributed by atoms with van der Waals surface area (Å²) in [5.41, 5.74) is 6.28. The third-order valence-corrected chi connectivity index (χ3v) is 5.16. The number of benzene rings is 3. The van der Waals surface area contributed by atoms with Gasteiger partial charge >= 0.3 is 0 Å². The highest BCUT2D eigenvalue weighted by Crippen LogP contribution is 2.26. The summed E-state index contributed by atoms with van der Waals surface area (Å²) in [6, 6.07) is 28.5. The first-order valence-electron chi connectivity index (χ1n) is 10.1. The normalized spacial score (nSPS) is 10.7. The van der Waals surface area contributed by atoms with Crippen LogP contribution in [0.3, 0.4) is 0 Å². The van der Waals surface area contributed by atoms with Gasteiger partial charge in [0.2, 0.25) is 5.91 Å². The Morgan fingerprint density at radius 1 is 0.867 bits per heavy atom. The van der Waals surface area contributed by atoms with Crippen LogP contribution in [0.2, 0.25) is 0 Å². The van der Waals surface area contributed by atoms with Crippen LogP contribution in [0.25, 0.3) is 16.9 Å². The van der Waals surface area contributed by atoms with Gasteiger partial charge in [-0.15, -0.1) is 0 Å². The molecule has 0 saturated carbocycles. The monoisotopic (exact) mass is 395 g/mol. The van der Waals surface area contributed by atoms with E-state index in [0.29, 0.717) is 13.1 Å². The van der Waals surface area contributed by atoms with Gasteiger partial charge in [-0.3, -0.25) is 4.79 Å². The molecule has 150 valence electrons. The molecule has 0 aliphatic heterocycles. The number of carbonyl (C=O) groups is 1. The molecule has 4 heteroatoms. The lowest BCUT2D eigenvalue weighted by Crippen LogP contribution is -2.27. The largest absolute Gasteiger partial charge is 0.334 e. The van der Waals surface area contributed by atoms with Crippen molar-refractivity contribution in [3.8, 4) is 16.9 Å². The Balaban J connectivity index is 1.72. The van der Waals surface area contributed by atoms with E-state index < -0.39 is 0 Å². The highest BCUT2D eigenvalue weighted by molar-refractivity contribution is 5.74. The Kier molecular flexibility index (Phi) is 5.75. The average molecular weight is 396 g/mol. The molecular weight excluding hydrogens is 370 g/mol. The van der Waals surface area contributed by atoms with Gasteiger partial charge in [0.25, 0.3) is 0 Å². The van der Waals surface area contributed by atoms with E-state index in [-0.39, 0.29) is 5.91 Å². The first kappa shape index (κ1) is 19.6. The molecular formula is C26H25N3O. The Bertz CT molecular complexity index is 1120. The van der Waals surface area contributed by atoms with Gasteiger partial charge in [-0.25, -0.2) is 4.68 Å². The van der Waals surface area contributed by atoms with Gasteiger partial charge < -0.3 is 4.90 Å². The lowest BCUT2D eigenvalue weighted by Gasteiger charge is -2.21. The number of hydrogen-bond acceptors (Lipinski definition) is 2. The highest BCUT2D eigenvalue weighted by Gasteiger charge is 2.17. The van der Waals surface area contributed by atoms with E-state index in [4.69, 9.17) is 5.10 Å². The van der Waals surface area contributed by atoms with Crippen molar-refractivity contribution >= 4 is 5.91 Å². The summed E-state index contributed by atoms with van der Waals surface area (Å²) in [5, 5.41) is 4.88. The molecule has 1 aromatic heterocycles. The summed E-state index contributed by atoms with van der Waals surface area (Å²) in [6.45, 7) is 4.76. The summed E-state index contributed by atoms with van der Waals surface area (Å²) in [4.78, 5) is 14.3. The molecule has 0 spiro atoms. The second-order valence-electron chi connectivity index (χ2n) is 7.51. The molecule has 0 saturated heterocycles. The molecule has 0 unspecified atom stereocenters. The van der Waals surface area contributed by atoms with Crippen LogP contribution in [0.1, 0.15) is 23.6 Å². The Labute approximate surface area is 177 Å². The van der Waals surface area contributed by atoms with E-state index in [9.17, 15) is 4.79 Å². The van der Waals surface area contributed by atoms with Crippen LogP contribution in [0.4, 0.5) is 0 Å². The summed E-state index contributed by atoms with van der Waals surface area (Å²) >= 11 is 0. The van der Waals surface area contributed by atoms with Crippen molar-refractivity contribution in [1.82, 2.24) is 14.7 Å². The fraction of sp³-hybridized carbons (Fsp3) is 0.154. The minimum absolute atomic E-state index is 0.0428. The molecule has 0 bridgehead atoms. The maximum Gasteiger partial charge on any atom is 0.220 e. The molecule has 30 heavy (non-hydrogen) atoms. The van der Waals surface area contributed by atoms with Crippen molar-refractivity contribution in [3.05, 3.63) is 108 Å². The maximum atomic E-state index is 12.4. The zero-order valence-electron chi connectivity index (χ0n) is 17.3. The van der Waals surface area contributed by atoms with E-state index >= 15 is 0 Å². The number of amides is 1. The van der Waals surface area contributed by atoms with Gasteiger partial charge in [0.05, 0.1) is 11.4 Å². The number of rotatable bonds is 6. The third-order valence-electron chi connectivity index (χ3n) is 5.16. The third kappa shape index (κ3) is 4.49. The molecule has 0 aliphatic rings. The molecule has 1 heterocycles. The first-order chi connectivity index (χ1) is 14.6. The number of aromatic nitrogens is 2. The second kappa shape index (κ2) is 8.78. The first-order valence-corrected chi connectivity index (χ1v) is 10.1. The van der Waals surface area contributed by atoms with Gasteiger partial charge in [-0.2, -0.15) is 5.10 Å². The molecule has 4 aromatic rings. The fourth-order valence-electron chi connectivity index (χ4n) is 3.48. The number of nitrogens with zero attached hydrogens (tertiary/aromatic N) is 3. The molecule has 0 radical (unpaired) electrons. The van der Waals surface area contributed by atoms with E-state index in [1.807, 2.05) is 76.4 Å². The standard InChI is InChI=1S/C26H25N3O/c1-20-13-15-23(16-14-20)26-24(19-29(27-26)25-11-7-4-8-12-25)18-28(21(2)30)17-22-9-5-3-6-10-22/h3-16,19H,17-18H2,1-2H3. The smallest absolute Gasteiger partial charge is 0.220 e. The summed E-state index contributed by atoms with van der Waals surface area (Å²) in [5.74, 6) is 0.0428. The van der Waals surface area contributed by atoms with Crippen molar-refractivity contribution in [2.75, 3.05) is 0 Å². The minimum atomic E-state index is 0.0428. The zero-order valence-corrected chi connectivity index (χ0v) is 17.3. The lowest BCUT2D eigenvalue weighted by molar-refractivity contribution is -0.130. The Hall–Kier alpha value is -3.66. The van der Waals surface area contributed by atoms with Gasteiger partial charge in [0, 0.05) is 37.3 Å². The van der Waals surface area contributed by atoms with Crippen LogP contribution in [0, 0.1) is 6.92 Å². The Morgan fingerprint density at radius 3 is 2.13 bits per heavy atom. The molecule has 4 nitrogen and oxygen atoms in total. The van der Waals surface area contributed by atoms with Crippen LogP contribution in [-0.2, 0) is 17.9 Å². The van der Waals surface area contributed by atoms with Gasteiger partial charge in [-0.1, -0.05) is 78.4 Å². The van der Waals surface area contributed by atoms with E-state index in [1.165, 1.54) is 5.56 Å². The highest BCUT2D eigenvalue weighted by atomic mass is 16.2. The predicted octanol–water partition coefficient (Wildman–Crippen LogP) is 5.40. The quantitative estimate of drug-likeness (QED) is 0.439. The van der Waals surface area contributed by atoms with E-state index in [2.05, 4.69) is 31.2 Å². The number of hydrogen-bond donors (Lipinski definition) is 0. The predicted molar refractivity (Wildman–Crippen MR) is 120 cm³/mol. The second-order valence-corrected chi connectivity index (χ2v) is 7.51. The van der Waals surface area contributed by atoms with Gasteiger partial charge in [0.15, 0.2) is 0 Å². The molecule has 0 fully saturated rings. The van der Waals surface area contributed by atoms with E-state index in [0.717, 1.165) is 28.1 Å². The summed E-state index contributed by atoms with van der Waals surface area (Å²) in [7, 11) is 0. The molecule has 4 rings (SSSR count). The average Bonchev–Trinajstić information content (AvgIpc) is 3.19. The van der Waals surface area contributed by atoms with Crippen LogP contribution >= 0.6 is 0 Å². The van der Waals surface area contributed by atoms with Crippen molar-refractivity contribution in [2.45, 2.75) is 26.9 Å². The van der Waals surface area contributed by atoms with Crippen LogP contribution in [0.15, 0.2) is 91.1 Å². The topological polar surface area (TPSA) is 38.1 Å². The fourth-order valence-corrected chi connectivity index (χ4v) is 3.48. The molecule has 0 N–H and O–H groups in total. The molecule has 0 atom stereocenters. The van der Waals surface area contributed by atoms with Gasteiger partial charge in [0.1, 0.15) is 0 Å². The number of carbonyl (C=O) groups excluding carboxylic acids is 1. The zero-order chi connectivity index (χ0) is 20.9. The lowest BCUT2D eigenvalue weighted by atomic mass is 10.1. The maximum absolute atomic E-state index is 12.4. The van der Waals surface area contributed by atoms with Crippen molar-refractivity contribution in [2.24, 2.45) is 0 Å². The van der Waals surface area contributed by atoms with Crippen LogP contribution in [-0.4, -0.2) is 20.6 Å².